The van der Waals surface area contributed by atoms with Gasteiger partial charge in [-0.3, -0.25) is 0 Å². The monoisotopic (exact) mass is 193 g/mol. The van der Waals surface area contributed by atoms with Crippen LogP contribution in [0.1, 0.15) is 31.9 Å². The van der Waals surface area contributed by atoms with Crippen molar-refractivity contribution < 1.29 is 4.74 Å². The van der Waals surface area contributed by atoms with E-state index in [0.29, 0.717) is 6.04 Å². The Morgan fingerprint density at radius 3 is 2.71 bits per heavy atom. The molecule has 1 atom stereocenters. The van der Waals surface area contributed by atoms with E-state index in [1.165, 1.54) is 5.56 Å². The van der Waals surface area contributed by atoms with Gasteiger partial charge >= 0.3 is 0 Å². The Morgan fingerprint density at radius 2 is 2.07 bits per heavy atom. The molecule has 0 fully saturated rings. The fraction of sp³-hybridized carbons (Fsp3) is 0.500. The van der Waals surface area contributed by atoms with Gasteiger partial charge in [0, 0.05) is 11.6 Å². The molecule has 0 aromatic heterocycles. The highest BCUT2D eigenvalue weighted by atomic mass is 16.5. The molecular weight excluding hydrogens is 174 g/mol. The average Bonchev–Trinajstić information content (AvgIpc) is 2.25. The number of benzene rings is 1. The molecule has 0 spiro atoms. The van der Waals surface area contributed by atoms with Gasteiger partial charge in [-0.15, -0.1) is 0 Å². The molecule has 14 heavy (non-hydrogen) atoms. The minimum absolute atomic E-state index is 0.353. The van der Waals surface area contributed by atoms with Gasteiger partial charge in [-0.1, -0.05) is 25.1 Å². The number of methoxy groups -OCH3 is 1. The summed E-state index contributed by atoms with van der Waals surface area (Å²) in [6, 6.07) is 8.49. The molecule has 1 aromatic rings. The molecule has 1 N–H and O–H groups in total. The van der Waals surface area contributed by atoms with Crippen molar-refractivity contribution in [3.8, 4) is 5.75 Å². The maximum absolute atomic E-state index is 5.31. The molecule has 0 aliphatic carbocycles. The SMILES string of the molecule is CCCNC(C)c1ccccc1OC. The zero-order chi connectivity index (χ0) is 10.4. The summed E-state index contributed by atoms with van der Waals surface area (Å²) in [6.07, 6.45) is 1.15. The molecule has 0 heterocycles. The second-order valence-electron chi connectivity index (χ2n) is 3.42. The minimum Gasteiger partial charge on any atom is -0.496 e. The summed E-state index contributed by atoms with van der Waals surface area (Å²) >= 11 is 0. The summed E-state index contributed by atoms with van der Waals surface area (Å²) in [5, 5.41) is 3.44. The van der Waals surface area contributed by atoms with Crippen LogP contribution in [0.25, 0.3) is 0 Å². The predicted octanol–water partition coefficient (Wildman–Crippen LogP) is 2.76. The topological polar surface area (TPSA) is 21.3 Å². The lowest BCUT2D eigenvalue weighted by molar-refractivity contribution is 0.401. The molecule has 0 bridgehead atoms. The molecule has 1 unspecified atom stereocenters. The summed E-state index contributed by atoms with van der Waals surface area (Å²) in [5.74, 6) is 0.962. The molecule has 0 amide bonds. The number of rotatable bonds is 5. The first kappa shape index (κ1) is 11.1. The Balaban J connectivity index is 2.72. The van der Waals surface area contributed by atoms with Crippen LogP contribution in [0.4, 0.5) is 0 Å². The van der Waals surface area contributed by atoms with E-state index in [2.05, 4.69) is 25.2 Å². The number of hydrogen-bond acceptors (Lipinski definition) is 2. The molecule has 78 valence electrons. The molecule has 0 aliphatic heterocycles. The highest BCUT2D eigenvalue weighted by molar-refractivity contribution is 5.35. The van der Waals surface area contributed by atoms with Gasteiger partial charge in [-0.2, -0.15) is 0 Å². The van der Waals surface area contributed by atoms with Crippen LogP contribution in [0, 0.1) is 0 Å². The van der Waals surface area contributed by atoms with Crippen molar-refractivity contribution in [1.29, 1.82) is 0 Å². The second kappa shape index (κ2) is 5.66. The van der Waals surface area contributed by atoms with Crippen molar-refractivity contribution in [3.63, 3.8) is 0 Å². The molecular formula is C12H19NO. The Hall–Kier alpha value is -1.02. The molecule has 0 aliphatic rings. The van der Waals surface area contributed by atoms with Crippen molar-refractivity contribution in [2.45, 2.75) is 26.3 Å². The lowest BCUT2D eigenvalue weighted by atomic mass is 10.1. The van der Waals surface area contributed by atoms with Crippen LogP contribution >= 0.6 is 0 Å². The van der Waals surface area contributed by atoms with Crippen LogP contribution in [0.2, 0.25) is 0 Å². The lowest BCUT2D eigenvalue weighted by Gasteiger charge is -2.16. The van der Waals surface area contributed by atoms with Crippen LogP contribution in [-0.2, 0) is 0 Å². The third-order valence-electron chi connectivity index (χ3n) is 2.31. The number of para-hydroxylation sites is 1. The van der Waals surface area contributed by atoms with Gasteiger partial charge in [0.2, 0.25) is 0 Å². The summed E-state index contributed by atoms with van der Waals surface area (Å²) in [5.41, 5.74) is 1.23. The van der Waals surface area contributed by atoms with Gasteiger partial charge in [-0.25, -0.2) is 0 Å². The normalized spacial score (nSPS) is 12.5. The van der Waals surface area contributed by atoms with Crippen LogP contribution in [-0.4, -0.2) is 13.7 Å². The molecule has 0 saturated heterocycles. The zero-order valence-electron chi connectivity index (χ0n) is 9.21. The summed E-state index contributed by atoms with van der Waals surface area (Å²) < 4.78 is 5.31. The van der Waals surface area contributed by atoms with E-state index in [1.54, 1.807) is 7.11 Å². The Bertz CT molecular complexity index is 273. The molecule has 2 nitrogen and oxygen atoms in total. The Labute approximate surface area is 86.3 Å². The summed E-state index contributed by atoms with van der Waals surface area (Å²) in [7, 11) is 1.71. The van der Waals surface area contributed by atoms with Gasteiger partial charge in [0.05, 0.1) is 7.11 Å². The average molecular weight is 193 g/mol. The molecule has 1 rings (SSSR count). The van der Waals surface area contributed by atoms with E-state index in [9.17, 15) is 0 Å². The maximum Gasteiger partial charge on any atom is 0.123 e. The van der Waals surface area contributed by atoms with Crippen molar-refractivity contribution in [2.75, 3.05) is 13.7 Å². The quantitative estimate of drug-likeness (QED) is 0.776. The first-order valence-electron chi connectivity index (χ1n) is 5.16. The molecule has 1 aromatic carbocycles. The smallest absolute Gasteiger partial charge is 0.123 e. The zero-order valence-corrected chi connectivity index (χ0v) is 9.21. The highest BCUT2D eigenvalue weighted by Crippen LogP contribution is 2.23. The lowest BCUT2D eigenvalue weighted by Crippen LogP contribution is -2.19. The standard InChI is InChI=1S/C12H19NO/c1-4-9-13-10(2)11-7-5-6-8-12(11)14-3/h5-8,10,13H,4,9H2,1-3H3. The Kier molecular flexibility index (Phi) is 4.47. The largest absolute Gasteiger partial charge is 0.496 e. The number of nitrogens with one attached hydrogen (secondary N) is 1. The second-order valence-corrected chi connectivity index (χ2v) is 3.42. The summed E-state index contributed by atoms with van der Waals surface area (Å²) in [6.45, 7) is 5.37. The van der Waals surface area contributed by atoms with Crippen molar-refractivity contribution in [2.24, 2.45) is 0 Å². The molecule has 0 radical (unpaired) electrons. The third-order valence-corrected chi connectivity index (χ3v) is 2.31. The van der Waals surface area contributed by atoms with E-state index in [0.717, 1.165) is 18.7 Å². The highest BCUT2D eigenvalue weighted by Gasteiger charge is 2.08. The third kappa shape index (κ3) is 2.74. The molecule has 2 heteroatoms. The number of hydrogen-bond donors (Lipinski definition) is 1. The van der Waals surface area contributed by atoms with Crippen LogP contribution in [0.3, 0.4) is 0 Å². The van der Waals surface area contributed by atoms with E-state index >= 15 is 0 Å². The van der Waals surface area contributed by atoms with E-state index in [4.69, 9.17) is 4.74 Å². The van der Waals surface area contributed by atoms with Crippen LogP contribution in [0.5, 0.6) is 5.75 Å². The van der Waals surface area contributed by atoms with Crippen LogP contribution in [0.15, 0.2) is 24.3 Å². The predicted molar refractivity (Wildman–Crippen MR) is 59.7 cm³/mol. The van der Waals surface area contributed by atoms with Gasteiger partial charge in [0.25, 0.3) is 0 Å². The van der Waals surface area contributed by atoms with Gasteiger partial charge < -0.3 is 10.1 Å². The van der Waals surface area contributed by atoms with Crippen molar-refractivity contribution >= 4 is 0 Å². The fourth-order valence-corrected chi connectivity index (χ4v) is 1.49. The van der Waals surface area contributed by atoms with Crippen molar-refractivity contribution in [1.82, 2.24) is 5.32 Å². The molecule has 0 saturated carbocycles. The first-order chi connectivity index (χ1) is 6.79. The van der Waals surface area contributed by atoms with Crippen molar-refractivity contribution in [3.05, 3.63) is 29.8 Å². The Morgan fingerprint density at radius 1 is 1.36 bits per heavy atom. The fourth-order valence-electron chi connectivity index (χ4n) is 1.49. The maximum atomic E-state index is 5.31. The summed E-state index contributed by atoms with van der Waals surface area (Å²) in [4.78, 5) is 0. The van der Waals surface area contributed by atoms with Crippen LogP contribution < -0.4 is 10.1 Å². The first-order valence-corrected chi connectivity index (χ1v) is 5.16. The number of ether oxygens (including phenoxy) is 1. The van der Waals surface area contributed by atoms with E-state index in [-0.39, 0.29) is 0 Å². The van der Waals surface area contributed by atoms with E-state index < -0.39 is 0 Å². The van der Waals surface area contributed by atoms with Gasteiger partial charge in [0.1, 0.15) is 5.75 Å². The van der Waals surface area contributed by atoms with Gasteiger partial charge in [0.15, 0.2) is 0 Å². The van der Waals surface area contributed by atoms with E-state index in [1.807, 2.05) is 18.2 Å². The minimum atomic E-state index is 0.353. The van der Waals surface area contributed by atoms with Gasteiger partial charge in [-0.05, 0) is 26.0 Å².